The van der Waals surface area contributed by atoms with Crippen LogP contribution in [0.15, 0.2) is 53.0 Å². The van der Waals surface area contributed by atoms with E-state index in [-0.39, 0.29) is 5.91 Å². The van der Waals surface area contributed by atoms with Crippen LogP contribution in [0.1, 0.15) is 11.6 Å². The lowest BCUT2D eigenvalue weighted by atomic mass is 10.1. The molecule has 3 N–H and O–H groups in total. The van der Waals surface area contributed by atoms with Crippen molar-refractivity contribution in [3.8, 4) is 5.75 Å². The smallest absolute Gasteiger partial charge is 0.245 e. The average molecular weight is 335 g/mol. The lowest BCUT2D eigenvalue weighted by molar-refractivity contribution is -0.117. The van der Waals surface area contributed by atoms with Crippen LogP contribution in [-0.2, 0) is 4.79 Å². The van der Waals surface area contributed by atoms with E-state index in [1.165, 1.54) is 0 Å². The summed E-state index contributed by atoms with van der Waals surface area (Å²) in [6.45, 7) is 0. The number of nitrogens with two attached hydrogens (primary N) is 1. The highest BCUT2D eigenvalue weighted by atomic mass is 79.9. The quantitative estimate of drug-likeness (QED) is 0.902. The van der Waals surface area contributed by atoms with Crippen molar-refractivity contribution in [2.24, 2.45) is 5.73 Å². The second-order valence-corrected chi connectivity index (χ2v) is 5.17. The molecule has 0 unspecified atom stereocenters. The molecule has 1 amide bonds. The van der Waals surface area contributed by atoms with E-state index in [9.17, 15) is 4.79 Å². The fourth-order valence-corrected chi connectivity index (χ4v) is 2.26. The number of anilines is 1. The number of benzene rings is 2. The van der Waals surface area contributed by atoms with Crippen LogP contribution in [0.2, 0.25) is 0 Å². The van der Waals surface area contributed by atoms with Gasteiger partial charge in [0.05, 0.1) is 7.11 Å². The molecule has 0 saturated carbocycles. The molecule has 4 nitrogen and oxygen atoms in total. The second-order valence-electron chi connectivity index (χ2n) is 4.26. The van der Waals surface area contributed by atoms with Crippen molar-refractivity contribution in [2.75, 3.05) is 12.4 Å². The number of nitrogens with one attached hydrogen (secondary N) is 1. The summed E-state index contributed by atoms with van der Waals surface area (Å²) >= 11 is 3.36. The maximum Gasteiger partial charge on any atom is 0.245 e. The molecule has 104 valence electrons. The van der Waals surface area contributed by atoms with Gasteiger partial charge in [0, 0.05) is 16.2 Å². The van der Waals surface area contributed by atoms with E-state index in [4.69, 9.17) is 10.5 Å². The zero-order valence-electron chi connectivity index (χ0n) is 11.0. The minimum Gasteiger partial charge on any atom is -0.497 e. The number of methoxy groups -OCH3 is 1. The Balaban J connectivity index is 2.13. The third-order valence-corrected chi connectivity index (χ3v) is 3.27. The third-order valence-electron chi connectivity index (χ3n) is 2.82. The molecular formula is C15H15BrN2O2. The first-order chi connectivity index (χ1) is 9.60. The summed E-state index contributed by atoms with van der Waals surface area (Å²) in [4.78, 5) is 12.1. The van der Waals surface area contributed by atoms with E-state index in [1.54, 1.807) is 19.2 Å². The molecule has 0 radical (unpaired) electrons. The minimum atomic E-state index is -0.707. The van der Waals surface area contributed by atoms with Gasteiger partial charge in [0.1, 0.15) is 11.8 Å². The Morgan fingerprint density at radius 3 is 2.60 bits per heavy atom. The molecule has 5 heteroatoms. The first-order valence-electron chi connectivity index (χ1n) is 6.06. The number of carbonyl (C=O) groups excluding carboxylic acids is 1. The summed E-state index contributed by atoms with van der Waals surface area (Å²) < 4.78 is 5.97. The molecule has 2 aromatic rings. The van der Waals surface area contributed by atoms with Crippen LogP contribution in [0.5, 0.6) is 5.75 Å². The summed E-state index contributed by atoms with van der Waals surface area (Å²) in [5, 5.41) is 2.78. The van der Waals surface area contributed by atoms with Gasteiger partial charge in [-0.25, -0.2) is 0 Å². The Hall–Kier alpha value is -1.85. The monoisotopic (exact) mass is 334 g/mol. The van der Waals surface area contributed by atoms with Gasteiger partial charge >= 0.3 is 0 Å². The fourth-order valence-electron chi connectivity index (χ4n) is 1.78. The van der Waals surface area contributed by atoms with Crippen molar-refractivity contribution in [1.82, 2.24) is 0 Å². The molecule has 0 saturated heterocycles. The predicted octanol–water partition coefficient (Wildman–Crippen LogP) is 3.10. The zero-order chi connectivity index (χ0) is 14.5. The third kappa shape index (κ3) is 3.59. The molecule has 0 aliphatic heterocycles. The van der Waals surface area contributed by atoms with E-state index in [0.29, 0.717) is 11.4 Å². The standard InChI is InChI=1S/C15H15BrN2O2/c1-20-13-8-11(16)7-12(9-13)18-15(19)14(17)10-5-3-2-4-6-10/h2-9,14H,17H2,1H3,(H,18,19)/t14-/m1/s1. The number of rotatable bonds is 4. The number of hydrogen-bond donors (Lipinski definition) is 2. The van der Waals surface area contributed by atoms with Crippen LogP contribution in [-0.4, -0.2) is 13.0 Å². The SMILES string of the molecule is COc1cc(Br)cc(NC(=O)[C@H](N)c2ccccc2)c1. The van der Waals surface area contributed by atoms with Crippen molar-refractivity contribution in [1.29, 1.82) is 0 Å². The normalized spacial score (nSPS) is 11.8. The Morgan fingerprint density at radius 2 is 1.95 bits per heavy atom. The summed E-state index contributed by atoms with van der Waals surface area (Å²) in [6, 6.07) is 13.9. The molecule has 0 aliphatic rings. The lowest BCUT2D eigenvalue weighted by Gasteiger charge is -2.13. The summed E-state index contributed by atoms with van der Waals surface area (Å²) in [6.07, 6.45) is 0. The van der Waals surface area contributed by atoms with Crippen molar-refractivity contribution >= 4 is 27.5 Å². The molecule has 1 atom stereocenters. The van der Waals surface area contributed by atoms with E-state index < -0.39 is 6.04 Å². The number of halogens is 1. The van der Waals surface area contributed by atoms with E-state index in [1.807, 2.05) is 36.4 Å². The molecular weight excluding hydrogens is 320 g/mol. The molecule has 2 aromatic carbocycles. The van der Waals surface area contributed by atoms with Crippen molar-refractivity contribution in [3.05, 3.63) is 58.6 Å². The highest BCUT2D eigenvalue weighted by Gasteiger charge is 2.15. The summed E-state index contributed by atoms with van der Waals surface area (Å²) in [5.74, 6) is 0.388. The topological polar surface area (TPSA) is 64.3 Å². The number of amides is 1. The highest BCUT2D eigenvalue weighted by Crippen LogP contribution is 2.25. The van der Waals surface area contributed by atoms with Gasteiger partial charge in [-0.1, -0.05) is 46.3 Å². The fraction of sp³-hybridized carbons (Fsp3) is 0.133. The van der Waals surface area contributed by atoms with Gasteiger partial charge in [-0.3, -0.25) is 4.79 Å². The predicted molar refractivity (Wildman–Crippen MR) is 82.7 cm³/mol. The van der Waals surface area contributed by atoms with Crippen molar-refractivity contribution in [2.45, 2.75) is 6.04 Å². The van der Waals surface area contributed by atoms with Crippen LogP contribution in [0.3, 0.4) is 0 Å². The summed E-state index contributed by atoms with van der Waals surface area (Å²) in [5.41, 5.74) is 7.34. The minimum absolute atomic E-state index is 0.267. The molecule has 0 aliphatic carbocycles. The van der Waals surface area contributed by atoms with Crippen molar-refractivity contribution in [3.63, 3.8) is 0 Å². The first kappa shape index (κ1) is 14.6. The molecule has 0 fully saturated rings. The van der Waals surface area contributed by atoms with Gasteiger partial charge in [-0.15, -0.1) is 0 Å². The van der Waals surface area contributed by atoms with Gasteiger partial charge in [0.15, 0.2) is 0 Å². The van der Waals surface area contributed by atoms with Crippen molar-refractivity contribution < 1.29 is 9.53 Å². The van der Waals surface area contributed by atoms with Gasteiger partial charge in [-0.05, 0) is 17.7 Å². The molecule has 0 bridgehead atoms. The Kier molecular flexibility index (Phi) is 4.76. The Morgan fingerprint density at radius 1 is 1.25 bits per heavy atom. The maximum atomic E-state index is 12.1. The molecule has 0 aromatic heterocycles. The lowest BCUT2D eigenvalue weighted by Crippen LogP contribution is -2.27. The molecule has 20 heavy (non-hydrogen) atoms. The Bertz CT molecular complexity index is 602. The number of hydrogen-bond acceptors (Lipinski definition) is 3. The van der Waals surface area contributed by atoms with Crippen LogP contribution in [0.4, 0.5) is 5.69 Å². The van der Waals surface area contributed by atoms with E-state index in [2.05, 4.69) is 21.2 Å². The molecule has 0 heterocycles. The van der Waals surface area contributed by atoms with Gasteiger partial charge in [0.25, 0.3) is 0 Å². The molecule has 0 spiro atoms. The highest BCUT2D eigenvalue weighted by molar-refractivity contribution is 9.10. The van der Waals surface area contributed by atoms with E-state index in [0.717, 1.165) is 10.0 Å². The van der Waals surface area contributed by atoms with Crippen LogP contribution in [0.25, 0.3) is 0 Å². The first-order valence-corrected chi connectivity index (χ1v) is 6.85. The van der Waals surface area contributed by atoms with Gasteiger partial charge in [0.2, 0.25) is 5.91 Å². The maximum absolute atomic E-state index is 12.1. The largest absolute Gasteiger partial charge is 0.497 e. The van der Waals surface area contributed by atoms with Crippen LogP contribution < -0.4 is 15.8 Å². The molecule has 2 rings (SSSR count). The zero-order valence-corrected chi connectivity index (χ0v) is 12.6. The second kappa shape index (κ2) is 6.54. The van der Waals surface area contributed by atoms with Gasteiger partial charge in [-0.2, -0.15) is 0 Å². The average Bonchev–Trinajstić information content (AvgIpc) is 2.46. The van der Waals surface area contributed by atoms with Crippen LogP contribution >= 0.6 is 15.9 Å². The number of ether oxygens (including phenoxy) is 1. The summed E-state index contributed by atoms with van der Waals surface area (Å²) in [7, 11) is 1.57. The number of carbonyl (C=O) groups is 1. The van der Waals surface area contributed by atoms with E-state index >= 15 is 0 Å². The van der Waals surface area contributed by atoms with Crippen LogP contribution in [0, 0.1) is 0 Å². The Labute approximate surface area is 126 Å². The van der Waals surface area contributed by atoms with Gasteiger partial charge < -0.3 is 15.8 Å².